The first-order chi connectivity index (χ1) is 27.4. The second-order valence-electron chi connectivity index (χ2n) is 19.2. The van der Waals surface area contributed by atoms with E-state index in [0.717, 1.165) is 97.3 Å². The Morgan fingerprint density at radius 2 is 1.77 bits per heavy atom. The highest BCUT2D eigenvalue weighted by molar-refractivity contribution is 5.95. The molecule has 1 amide bonds. The van der Waals surface area contributed by atoms with Crippen molar-refractivity contribution in [3.8, 4) is 5.75 Å². The van der Waals surface area contributed by atoms with Crippen molar-refractivity contribution in [3.05, 3.63) is 58.8 Å². The van der Waals surface area contributed by atoms with E-state index < -0.39 is 28.1 Å². The zero-order valence-electron chi connectivity index (χ0n) is 34.7. The van der Waals surface area contributed by atoms with Gasteiger partial charge in [-0.25, -0.2) is 0 Å². The minimum absolute atomic E-state index is 0.0219. The molecule has 11 nitrogen and oxygen atoms in total. The molecule has 306 valence electrons. The van der Waals surface area contributed by atoms with Crippen LogP contribution in [0.3, 0.4) is 0 Å². The number of nitrogens with one attached hydrogen (secondary N) is 1. The number of esters is 1. The highest BCUT2D eigenvalue weighted by Gasteiger charge is 2.79. The fraction of sp³-hybridized carbons (Fsp3) is 0.652. The number of amides is 1. The van der Waals surface area contributed by atoms with Gasteiger partial charge in [-0.1, -0.05) is 32.0 Å². The lowest BCUT2D eigenvalue weighted by Crippen LogP contribution is -2.81. The van der Waals surface area contributed by atoms with E-state index in [0.29, 0.717) is 44.5 Å². The van der Waals surface area contributed by atoms with E-state index >= 15 is 4.79 Å². The first-order valence-corrected chi connectivity index (χ1v) is 21.7. The van der Waals surface area contributed by atoms with Crippen molar-refractivity contribution < 1.29 is 29.3 Å². The van der Waals surface area contributed by atoms with Crippen molar-refractivity contribution >= 4 is 28.5 Å². The number of hydrogen-bond donors (Lipinski definition) is 3. The van der Waals surface area contributed by atoms with E-state index in [-0.39, 0.29) is 35.2 Å². The van der Waals surface area contributed by atoms with Crippen LogP contribution in [0.5, 0.6) is 5.75 Å². The van der Waals surface area contributed by atoms with Crippen molar-refractivity contribution in [1.82, 2.24) is 19.7 Å². The summed E-state index contributed by atoms with van der Waals surface area (Å²) >= 11 is 0. The minimum atomic E-state index is -1.59. The van der Waals surface area contributed by atoms with Gasteiger partial charge < -0.3 is 34.5 Å². The minimum Gasteiger partial charge on any atom is -0.496 e. The lowest BCUT2D eigenvalue weighted by Gasteiger charge is -2.68. The Morgan fingerprint density at radius 3 is 2.53 bits per heavy atom. The van der Waals surface area contributed by atoms with Crippen LogP contribution in [0.2, 0.25) is 0 Å². The smallest absolute Gasteiger partial charge is 0.322 e. The number of aromatic nitrogens is 1. The summed E-state index contributed by atoms with van der Waals surface area (Å²) in [5, 5.41) is 26.6. The molecule has 11 heteroatoms. The van der Waals surface area contributed by atoms with Gasteiger partial charge >= 0.3 is 5.97 Å². The predicted octanol–water partition coefficient (Wildman–Crippen LogP) is 4.59. The Labute approximate surface area is 336 Å². The molecular formula is C46H61N5O6. The molecule has 4 saturated heterocycles. The van der Waals surface area contributed by atoms with Gasteiger partial charge in [-0.3, -0.25) is 19.4 Å². The predicted molar refractivity (Wildman–Crippen MR) is 219 cm³/mol. The summed E-state index contributed by atoms with van der Waals surface area (Å²) < 4.78 is 12.4. The van der Waals surface area contributed by atoms with E-state index in [9.17, 15) is 15.0 Å². The number of carbonyl (C=O) groups excluding carboxylic acids is 2. The Balaban J connectivity index is 1.27. The number of piperidine rings is 3. The molecule has 5 fully saturated rings. The van der Waals surface area contributed by atoms with E-state index in [1.54, 1.807) is 12.0 Å². The van der Waals surface area contributed by atoms with Crippen molar-refractivity contribution in [2.75, 3.05) is 72.5 Å². The van der Waals surface area contributed by atoms with Crippen LogP contribution in [0.4, 0.5) is 5.69 Å². The summed E-state index contributed by atoms with van der Waals surface area (Å²) in [7, 11) is 7.08. The second-order valence-corrected chi connectivity index (χ2v) is 19.2. The molecule has 1 spiro atoms. The fourth-order valence-electron chi connectivity index (χ4n) is 14.9. The number of likely N-dealkylation sites (tertiary alicyclic amines) is 1. The number of H-pyrrole nitrogens is 1. The largest absolute Gasteiger partial charge is 0.496 e. The number of carbonyl (C=O) groups is 2. The van der Waals surface area contributed by atoms with Gasteiger partial charge in [0.25, 0.3) is 5.91 Å². The molecular weight excluding hydrogens is 719 g/mol. The summed E-state index contributed by atoms with van der Waals surface area (Å²) in [5.41, 5.74) is 1.11. The Hall–Kier alpha value is -3.64. The zero-order chi connectivity index (χ0) is 39.9. The van der Waals surface area contributed by atoms with Gasteiger partial charge in [-0.05, 0) is 105 Å². The van der Waals surface area contributed by atoms with Crippen molar-refractivity contribution in [2.24, 2.45) is 17.3 Å². The highest BCUT2D eigenvalue weighted by atomic mass is 16.5. The van der Waals surface area contributed by atoms with E-state index in [2.05, 4.69) is 70.9 Å². The molecule has 1 aromatic heterocycles. The lowest BCUT2D eigenvalue weighted by molar-refractivity contribution is -0.215. The molecule has 1 aliphatic carbocycles. The van der Waals surface area contributed by atoms with E-state index in [1.807, 2.05) is 13.1 Å². The van der Waals surface area contributed by atoms with Gasteiger partial charge in [0.15, 0.2) is 5.60 Å². The topological polar surface area (TPSA) is 122 Å². The molecule has 10 rings (SSSR count). The SMILES string of the molecule is CC[C@]1(O)C[C@@H]2CN(CCc3c([nH]c4ccccc34)[C@@](C(=O)OC)(c3cc4c(cc3OC)N(C)[C@H]3[C@@]5(O)C(=O)N(C)CC[C@@H]5[C@]5(CC)CCCN6CC[C@]43[C@@H]65)C2)C1. The number of hydrogen-bond acceptors (Lipinski definition) is 9. The Kier molecular flexibility index (Phi) is 8.37. The molecule has 3 N–H and O–H groups in total. The molecule has 10 atom stereocenters. The Morgan fingerprint density at radius 1 is 0.965 bits per heavy atom. The number of rotatable bonds is 5. The second kappa shape index (κ2) is 12.7. The van der Waals surface area contributed by atoms with Crippen LogP contribution in [0, 0.1) is 17.3 Å². The molecule has 2 aromatic carbocycles. The van der Waals surface area contributed by atoms with Gasteiger partial charge in [0.2, 0.25) is 0 Å². The van der Waals surface area contributed by atoms with Gasteiger partial charge in [0, 0.05) is 91.6 Å². The average Bonchev–Trinajstić information content (AvgIpc) is 3.88. The number of benzene rings is 2. The third-order valence-corrected chi connectivity index (χ3v) is 17.0. The summed E-state index contributed by atoms with van der Waals surface area (Å²) in [6, 6.07) is 12.3. The van der Waals surface area contributed by atoms with Crippen LogP contribution in [0.25, 0.3) is 10.9 Å². The number of aliphatic hydroxyl groups is 2. The van der Waals surface area contributed by atoms with Crippen molar-refractivity contribution in [2.45, 2.75) is 106 Å². The summed E-state index contributed by atoms with van der Waals surface area (Å²) in [6.07, 6.45) is 6.84. The molecule has 57 heavy (non-hydrogen) atoms. The van der Waals surface area contributed by atoms with Crippen LogP contribution >= 0.6 is 0 Å². The van der Waals surface area contributed by atoms with Crippen LogP contribution in [0.15, 0.2) is 36.4 Å². The average molecular weight is 780 g/mol. The zero-order valence-corrected chi connectivity index (χ0v) is 34.7. The third kappa shape index (κ3) is 4.63. The number of methoxy groups -OCH3 is 2. The quantitative estimate of drug-likeness (QED) is 0.320. The summed E-state index contributed by atoms with van der Waals surface area (Å²) in [4.78, 5) is 43.0. The molecule has 7 heterocycles. The maximum atomic E-state index is 15.3. The monoisotopic (exact) mass is 779 g/mol. The first-order valence-electron chi connectivity index (χ1n) is 21.7. The lowest BCUT2D eigenvalue weighted by atomic mass is 9.42. The maximum Gasteiger partial charge on any atom is 0.322 e. The molecule has 6 aliphatic heterocycles. The standard InChI is InChI=1S/C46H61N5O6/c1-7-42(54)24-28-25-45(41(53)57-6,37-30(14-20-50(26-28)27-42)29-12-9-10-13-33(29)47-37)32-22-31-34(23-35(32)56-5)49(4)39-44(31)17-21-51-18-11-16-43(8-2,38(44)51)36-15-19-48(3)40(52)46(36,39)55/h9-10,12-13,22-23,28,36,38-39,47,54-55H,7-8,11,14-21,24-27H2,1-6H3/t28-,36+,38-,39+,42-,43-,44+,45-,46+/m0/s1. The number of likely N-dealkylation sites (N-methyl/N-ethyl adjacent to an activating group) is 2. The normalized spacial score (nSPS) is 39.6. The van der Waals surface area contributed by atoms with Crippen LogP contribution < -0.4 is 9.64 Å². The van der Waals surface area contributed by atoms with Crippen LogP contribution in [0.1, 0.15) is 87.6 Å². The molecule has 1 saturated carbocycles. The van der Waals surface area contributed by atoms with Crippen LogP contribution in [-0.4, -0.2) is 133 Å². The van der Waals surface area contributed by atoms with Gasteiger partial charge in [0.05, 0.1) is 25.9 Å². The maximum absolute atomic E-state index is 15.3. The molecule has 2 bridgehead atoms. The number of aromatic amines is 1. The van der Waals surface area contributed by atoms with Crippen molar-refractivity contribution in [3.63, 3.8) is 0 Å². The van der Waals surface area contributed by atoms with E-state index in [4.69, 9.17) is 9.47 Å². The van der Waals surface area contributed by atoms with Gasteiger partial charge in [-0.15, -0.1) is 0 Å². The summed E-state index contributed by atoms with van der Waals surface area (Å²) in [5.74, 6) is -0.129. The fourth-order valence-corrected chi connectivity index (χ4v) is 14.9. The number of para-hydroxylation sites is 1. The van der Waals surface area contributed by atoms with Crippen molar-refractivity contribution in [1.29, 1.82) is 0 Å². The highest BCUT2D eigenvalue weighted by Crippen LogP contribution is 2.71. The Bertz CT molecular complexity index is 2160. The summed E-state index contributed by atoms with van der Waals surface area (Å²) in [6.45, 7) is 9.03. The van der Waals surface area contributed by atoms with E-state index in [1.165, 1.54) is 7.11 Å². The molecule has 3 aromatic rings. The first kappa shape index (κ1) is 37.6. The molecule has 0 radical (unpaired) electrons. The molecule has 7 aliphatic rings. The van der Waals surface area contributed by atoms with Gasteiger partial charge in [0.1, 0.15) is 11.2 Å². The third-order valence-electron chi connectivity index (χ3n) is 17.0. The number of nitrogens with zero attached hydrogens (tertiary/aromatic N) is 4. The number of anilines is 1. The number of fused-ring (bicyclic) bond motifs is 9. The molecule has 1 unspecified atom stereocenters. The van der Waals surface area contributed by atoms with Gasteiger partial charge in [-0.2, -0.15) is 0 Å². The number of ether oxygens (including phenoxy) is 2. The van der Waals surface area contributed by atoms with Crippen LogP contribution in [-0.2, 0) is 31.6 Å².